The van der Waals surface area contributed by atoms with E-state index in [0.29, 0.717) is 31.7 Å². The number of hydrogen-bond donors (Lipinski definition) is 1. The molecule has 1 aliphatic heterocycles. The molecule has 80 valence electrons. The van der Waals surface area contributed by atoms with Gasteiger partial charge in [0.25, 0.3) is 0 Å². The molecule has 1 atom stereocenters. The smallest absolute Gasteiger partial charge is 0.229 e. The molecule has 3 nitrogen and oxygen atoms in total. The molecule has 0 aromatic rings. The number of hydrogen-bond acceptors (Lipinski definition) is 3. The Balaban J connectivity index is 2.55. The molecule has 1 saturated heterocycles. The van der Waals surface area contributed by atoms with Gasteiger partial charge in [0.1, 0.15) is 0 Å². The third kappa shape index (κ3) is 2.74. The van der Waals surface area contributed by atoms with E-state index in [1.807, 2.05) is 0 Å². The van der Waals surface area contributed by atoms with Crippen LogP contribution in [-0.4, -0.2) is 29.0 Å². The van der Waals surface area contributed by atoms with Gasteiger partial charge in [0, 0.05) is 19.4 Å². The maximum Gasteiger partial charge on any atom is 0.229 e. The first-order valence-corrected chi connectivity index (χ1v) is 5.76. The molecule has 0 bridgehead atoms. The van der Waals surface area contributed by atoms with Crippen molar-refractivity contribution in [3.63, 3.8) is 0 Å². The first-order valence-electron chi connectivity index (χ1n) is 5.13. The van der Waals surface area contributed by atoms with Crippen molar-refractivity contribution in [3.05, 3.63) is 0 Å². The molecule has 1 rings (SSSR count). The number of rotatable bonds is 4. The first-order chi connectivity index (χ1) is 6.69. The highest BCUT2D eigenvalue weighted by molar-refractivity contribution is 7.80. The molecule has 0 aromatic heterocycles. The van der Waals surface area contributed by atoms with Crippen molar-refractivity contribution in [2.75, 3.05) is 12.3 Å². The van der Waals surface area contributed by atoms with E-state index in [9.17, 15) is 9.59 Å². The van der Waals surface area contributed by atoms with Crippen LogP contribution in [0.1, 0.15) is 32.6 Å². The lowest BCUT2D eigenvalue weighted by Crippen LogP contribution is -2.43. The molecule has 1 heterocycles. The maximum atomic E-state index is 11.5. The largest absolute Gasteiger partial charge is 0.282 e. The molecule has 4 heteroatoms. The zero-order valence-electron chi connectivity index (χ0n) is 8.53. The molecule has 0 radical (unpaired) electrons. The van der Waals surface area contributed by atoms with Crippen LogP contribution in [0.3, 0.4) is 0 Å². The molecule has 1 unspecified atom stereocenters. The van der Waals surface area contributed by atoms with E-state index in [0.717, 1.165) is 12.2 Å². The number of piperidine rings is 1. The van der Waals surface area contributed by atoms with Gasteiger partial charge in [-0.3, -0.25) is 14.5 Å². The number of nitrogens with zero attached hydrogens (tertiary/aromatic N) is 1. The molecule has 1 fully saturated rings. The lowest BCUT2D eigenvalue weighted by Gasteiger charge is -2.27. The lowest BCUT2D eigenvalue weighted by molar-refractivity contribution is -0.148. The summed E-state index contributed by atoms with van der Waals surface area (Å²) in [6, 6.07) is 0. The number of thiol groups is 1. The zero-order chi connectivity index (χ0) is 10.6. The third-order valence-electron chi connectivity index (χ3n) is 2.66. The Hall–Kier alpha value is -0.510. The molecule has 1 aliphatic rings. The van der Waals surface area contributed by atoms with E-state index in [1.165, 1.54) is 4.90 Å². The van der Waals surface area contributed by atoms with Crippen LogP contribution in [0.4, 0.5) is 0 Å². The fourth-order valence-electron chi connectivity index (χ4n) is 1.58. The van der Waals surface area contributed by atoms with Crippen LogP contribution in [0, 0.1) is 5.92 Å². The summed E-state index contributed by atoms with van der Waals surface area (Å²) in [5, 5.41) is 0. The Labute approximate surface area is 90.3 Å². The number of carbonyl (C=O) groups excluding carboxylic acids is 2. The summed E-state index contributed by atoms with van der Waals surface area (Å²) in [6.45, 7) is 2.61. The minimum atomic E-state index is -0.0125. The predicted molar refractivity (Wildman–Crippen MR) is 58.2 cm³/mol. The molecule has 0 saturated carbocycles. The van der Waals surface area contributed by atoms with Gasteiger partial charge in [-0.05, 0) is 18.1 Å². The van der Waals surface area contributed by atoms with Crippen LogP contribution in [0.25, 0.3) is 0 Å². The number of carbonyl (C=O) groups is 2. The van der Waals surface area contributed by atoms with E-state index in [1.54, 1.807) is 0 Å². The van der Waals surface area contributed by atoms with Crippen molar-refractivity contribution in [3.8, 4) is 0 Å². The van der Waals surface area contributed by atoms with E-state index in [4.69, 9.17) is 0 Å². The van der Waals surface area contributed by atoms with Gasteiger partial charge in [0.15, 0.2) is 0 Å². The molecule has 0 aromatic carbocycles. The normalized spacial score (nSPS) is 20.0. The van der Waals surface area contributed by atoms with Crippen molar-refractivity contribution in [1.29, 1.82) is 0 Å². The van der Waals surface area contributed by atoms with Crippen molar-refractivity contribution in [1.82, 2.24) is 4.90 Å². The SMILES string of the molecule is CCC(CS)CN1C(=O)CCCC1=O. The van der Waals surface area contributed by atoms with Gasteiger partial charge in [0.05, 0.1) is 0 Å². The highest BCUT2D eigenvalue weighted by atomic mass is 32.1. The summed E-state index contributed by atoms with van der Waals surface area (Å²) in [6.07, 6.45) is 2.72. The van der Waals surface area contributed by atoms with E-state index < -0.39 is 0 Å². The fourth-order valence-corrected chi connectivity index (χ4v) is 1.95. The zero-order valence-corrected chi connectivity index (χ0v) is 9.43. The average molecular weight is 215 g/mol. The molecule has 0 N–H and O–H groups in total. The Morgan fingerprint density at radius 2 is 1.93 bits per heavy atom. The van der Waals surface area contributed by atoms with Gasteiger partial charge in [-0.25, -0.2) is 0 Å². The standard InChI is InChI=1S/C10H17NO2S/c1-2-8(7-14)6-11-9(12)4-3-5-10(11)13/h8,14H,2-7H2,1H3. The Morgan fingerprint density at radius 1 is 1.36 bits per heavy atom. The molecular formula is C10H17NO2S. The summed E-state index contributed by atoms with van der Waals surface area (Å²) in [4.78, 5) is 24.3. The van der Waals surface area contributed by atoms with Crippen LogP contribution in [0.15, 0.2) is 0 Å². The minimum Gasteiger partial charge on any atom is -0.282 e. The third-order valence-corrected chi connectivity index (χ3v) is 3.18. The molecular weight excluding hydrogens is 198 g/mol. The van der Waals surface area contributed by atoms with Crippen LogP contribution in [0.2, 0.25) is 0 Å². The summed E-state index contributed by atoms with van der Waals surface area (Å²) in [5.41, 5.74) is 0. The maximum absolute atomic E-state index is 11.5. The van der Waals surface area contributed by atoms with Gasteiger partial charge in [0.2, 0.25) is 11.8 Å². The Bertz CT molecular complexity index is 210. The summed E-state index contributed by atoms with van der Waals surface area (Å²) in [5.74, 6) is 1.04. The first kappa shape index (κ1) is 11.6. The van der Waals surface area contributed by atoms with Gasteiger partial charge >= 0.3 is 0 Å². The van der Waals surface area contributed by atoms with Crippen molar-refractivity contribution < 1.29 is 9.59 Å². The van der Waals surface area contributed by atoms with Gasteiger partial charge < -0.3 is 0 Å². The fraction of sp³-hybridized carbons (Fsp3) is 0.800. The molecule has 2 amide bonds. The van der Waals surface area contributed by atoms with Crippen LogP contribution >= 0.6 is 12.6 Å². The second-order valence-corrected chi connectivity index (χ2v) is 4.07. The Kier molecular flexibility index (Phi) is 4.45. The van der Waals surface area contributed by atoms with Crippen molar-refractivity contribution in [2.24, 2.45) is 5.92 Å². The Morgan fingerprint density at radius 3 is 2.36 bits per heavy atom. The monoisotopic (exact) mass is 215 g/mol. The summed E-state index contributed by atoms with van der Waals surface area (Å²) < 4.78 is 0. The van der Waals surface area contributed by atoms with Gasteiger partial charge in [-0.2, -0.15) is 12.6 Å². The number of likely N-dealkylation sites (tertiary alicyclic amines) is 1. The summed E-state index contributed by atoms with van der Waals surface area (Å²) in [7, 11) is 0. The van der Waals surface area contributed by atoms with E-state index >= 15 is 0 Å². The summed E-state index contributed by atoms with van der Waals surface area (Å²) >= 11 is 4.21. The topological polar surface area (TPSA) is 37.4 Å². The average Bonchev–Trinajstić information content (AvgIpc) is 2.18. The second-order valence-electron chi connectivity index (χ2n) is 3.71. The highest BCUT2D eigenvalue weighted by Gasteiger charge is 2.27. The highest BCUT2D eigenvalue weighted by Crippen LogP contribution is 2.16. The van der Waals surface area contributed by atoms with Crippen molar-refractivity contribution >= 4 is 24.4 Å². The van der Waals surface area contributed by atoms with Gasteiger partial charge in [-0.1, -0.05) is 13.3 Å². The van der Waals surface area contributed by atoms with Gasteiger partial charge in [-0.15, -0.1) is 0 Å². The molecule has 0 spiro atoms. The van der Waals surface area contributed by atoms with Crippen LogP contribution < -0.4 is 0 Å². The second kappa shape index (κ2) is 5.39. The van der Waals surface area contributed by atoms with Crippen molar-refractivity contribution in [2.45, 2.75) is 32.6 Å². The quantitative estimate of drug-likeness (QED) is 0.570. The molecule has 0 aliphatic carbocycles. The number of imide groups is 1. The van der Waals surface area contributed by atoms with Crippen LogP contribution in [0.5, 0.6) is 0 Å². The van der Waals surface area contributed by atoms with E-state index in [2.05, 4.69) is 19.6 Å². The predicted octanol–water partition coefficient (Wildman–Crippen LogP) is 1.48. The lowest BCUT2D eigenvalue weighted by atomic mass is 10.0. The van der Waals surface area contributed by atoms with E-state index in [-0.39, 0.29) is 11.8 Å². The minimum absolute atomic E-state index is 0.0125. The molecule has 14 heavy (non-hydrogen) atoms. The number of amides is 2. The van der Waals surface area contributed by atoms with Crippen LogP contribution in [-0.2, 0) is 9.59 Å².